The van der Waals surface area contributed by atoms with Gasteiger partial charge in [-0.1, -0.05) is 30.3 Å². The predicted octanol–water partition coefficient (Wildman–Crippen LogP) is 2.79. The first-order chi connectivity index (χ1) is 16.4. The third-order valence-corrected chi connectivity index (χ3v) is 5.50. The fourth-order valence-corrected chi connectivity index (χ4v) is 3.82. The number of hydrogen-bond acceptors (Lipinski definition) is 10. The third kappa shape index (κ3) is 4.04. The van der Waals surface area contributed by atoms with Gasteiger partial charge in [-0.3, -0.25) is 4.79 Å². The summed E-state index contributed by atoms with van der Waals surface area (Å²) in [6.07, 6.45) is 4.32. The van der Waals surface area contributed by atoms with E-state index in [2.05, 4.69) is 41.1 Å². The van der Waals surface area contributed by atoms with Gasteiger partial charge in [-0.15, -0.1) is 10.2 Å². The normalized spacial score (nSPS) is 14.9. The molecule has 34 heavy (non-hydrogen) atoms. The maximum absolute atomic E-state index is 12.1. The van der Waals surface area contributed by atoms with Crippen molar-refractivity contribution in [1.29, 1.82) is 0 Å². The van der Waals surface area contributed by atoms with Crippen LogP contribution in [0.25, 0.3) is 11.5 Å². The number of hydrogen-bond donors (Lipinski definition) is 4. The summed E-state index contributed by atoms with van der Waals surface area (Å²) in [5.74, 6) is 0.835. The van der Waals surface area contributed by atoms with Crippen LogP contribution in [0.4, 0.5) is 17.5 Å². The second kappa shape index (κ2) is 8.52. The Bertz CT molecular complexity index is 1330. The predicted molar refractivity (Wildman–Crippen MR) is 123 cm³/mol. The van der Waals surface area contributed by atoms with E-state index in [1.54, 1.807) is 12.3 Å². The van der Waals surface area contributed by atoms with Gasteiger partial charge in [0.1, 0.15) is 5.82 Å². The molecule has 11 nitrogen and oxygen atoms in total. The van der Waals surface area contributed by atoms with E-state index in [1.165, 1.54) is 12.6 Å². The minimum absolute atomic E-state index is 0.136. The smallest absolute Gasteiger partial charge is 0.255 e. The molecule has 172 valence electrons. The molecule has 0 saturated carbocycles. The van der Waals surface area contributed by atoms with E-state index in [-0.39, 0.29) is 24.4 Å². The van der Waals surface area contributed by atoms with Gasteiger partial charge in [0, 0.05) is 18.5 Å². The molecule has 1 atom stereocenters. The van der Waals surface area contributed by atoms with Gasteiger partial charge in [-0.25, -0.2) is 15.0 Å². The second-order valence-corrected chi connectivity index (χ2v) is 8.31. The lowest BCUT2D eigenvalue weighted by molar-refractivity contribution is 0.0940. The quantitative estimate of drug-likeness (QED) is 0.325. The van der Waals surface area contributed by atoms with Crippen molar-refractivity contribution in [3.8, 4) is 11.5 Å². The molecule has 0 aliphatic carbocycles. The van der Waals surface area contributed by atoms with E-state index < -0.39 is 5.54 Å². The van der Waals surface area contributed by atoms with Gasteiger partial charge in [-0.05, 0) is 19.4 Å². The summed E-state index contributed by atoms with van der Waals surface area (Å²) in [6, 6.07) is 10.9. The first kappa shape index (κ1) is 21.5. The van der Waals surface area contributed by atoms with E-state index in [0.29, 0.717) is 34.3 Å². The van der Waals surface area contributed by atoms with Crippen LogP contribution in [-0.4, -0.2) is 42.8 Å². The summed E-state index contributed by atoms with van der Waals surface area (Å²) in [7, 11) is 0. The van der Waals surface area contributed by atoms with Gasteiger partial charge in [0.25, 0.3) is 11.8 Å². The lowest BCUT2D eigenvalue weighted by atomic mass is 10.0. The number of fused-ring (bicyclic) bond motifs is 1. The number of nitrogens with one attached hydrogen (secondary N) is 3. The largest absolute Gasteiger partial charge is 0.423 e. The Kier molecular flexibility index (Phi) is 5.38. The molecule has 1 amide bonds. The average molecular weight is 458 g/mol. The number of rotatable bonds is 7. The summed E-state index contributed by atoms with van der Waals surface area (Å²) < 4.78 is 5.37. The molecule has 4 heterocycles. The van der Waals surface area contributed by atoms with Crippen molar-refractivity contribution in [3.05, 3.63) is 72.0 Å². The lowest BCUT2D eigenvalue weighted by Gasteiger charge is -2.20. The maximum atomic E-state index is 12.1. The molecule has 1 aromatic carbocycles. The lowest BCUT2D eigenvalue weighted by Crippen LogP contribution is -2.33. The first-order valence-electron chi connectivity index (χ1n) is 10.6. The fourth-order valence-electron chi connectivity index (χ4n) is 3.82. The Morgan fingerprint density at radius 1 is 1.15 bits per heavy atom. The van der Waals surface area contributed by atoms with Gasteiger partial charge in [0.2, 0.25) is 12.3 Å². The van der Waals surface area contributed by atoms with Crippen LogP contribution in [0.3, 0.4) is 0 Å². The van der Waals surface area contributed by atoms with Crippen LogP contribution in [0.5, 0.6) is 0 Å². The molecule has 0 spiro atoms. The summed E-state index contributed by atoms with van der Waals surface area (Å²) in [4.78, 5) is 25.4. The zero-order chi connectivity index (χ0) is 23.7. The van der Waals surface area contributed by atoms with Crippen LogP contribution in [0.2, 0.25) is 0 Å². The third-order valence-electron chi connectivity index (χ3n) is 5.50. The molecule has 1 aliphatic rings. The van der Waals surface area contributed by atoms with Gasteiger partial charge in [-0.2, -0.15) is 0 Å². The van der Waals surface area contributed by atoms with Crippen LogP contribution in [-0.2, 0) is 5.54 Å². The van der Waals surface area contributed by atoms with Gasteiger partial charge in [0.05, 0.1) is 40.7 Å². The molecule has 3 aromatic heterocycles. The number of aliphatic hydroxyl groups excluding tert-OH is 1. The van der Waals surface area contributed by atoms with Crippen LogP contribution < -0.4 is 16.0 Å². The molecule has 1 aliphatic heterocycles. The van der Waals surface area contributed by atoms with Crippen molar-refractivity contribution in [2.75, 3.05) is 17.2 Å². The van der Waals surface area contributed by atoms with Crippen LogP contribution in [0.1, 0.15) is 41.5 Å². The molecule has 0 fully saturated rings. The molecule has 4 aromatic rings. The minimum atomic E-state index is -0.599. The molecule has 0 saturated heterocycles. The Morgan fingerprint density at radius 3 is 2.68 bits per heavy atom. The van der Waals surface area contributed by atoms with Gasteiger partial charge in [0.15, 0.2) is 0 Å². The van der Waals surface area contributed by atoms with Crippen LogP contribution >= 0.6 is 0 Å². The van der Waals surface area contributed by atoms with Crippen molar-refractivity contribution in [2.24, 2.45) is 0 Å². The first-order valence-corrected chi connectivity index (χ1v) is 10.6. The molecule has 5 rings (SSSR count). The van der Waals surface area contributed by atoms with Crippen molar-refractivity contribution in [1.82, 2.24) is 30.5 Å². The van der Waals surface area contributed by atoms with Crippen LogP contribution in [0.15, 0.2) is 59.6 Å². The van der Waals surface area contributed by atoms with E-state index >= 15 is 0 Å². The molecular weight excluding hydrogens is 436 g/mol. The number of aliphatic hydroxyl groups is 1. The number of pyridine rings is 1. The van der Waals surface area contributed by atoms with Crippen LogP contribution in [0, 0.1) is 0 Å². The summed E-state index contributed by atoms with van der Waals surface area (Å²) in [5.41, 5.74) is 2.56. The molecular formula is C23H22N8O3. The fraction of sp³-hybridized carbons (Fsp3) is 0.217. The van der Waals surface area contributed by atoms with Crippen molar-refractivity contribution in [3.63, 3.8) is 0 Å². The van der Waals surface area contributed by atoms with Crippen molar-refractivity contribution < 1.29 is 14.3 Å². The zero-order valence-corrected chi connectivity index (χ0v) is 18.5. The van der Waals surface area contributed by atoms with Gasteiger partial charge < -0.3 is 25.5 Å². The number of benzene rings is 1. The summed E-state index contributed by atoms with van der Waals surface area (Å²) in [6.45, 7) is 3.62. The minimum Gasteiger partial charge on any atom is -0.423 e. The Hall–Kier alpha value is -4.38. The number of carbonyl (C=O) groups excluding carboxylic acids is 1. The Balaban J connectivity index is 1.48. The van der Waals surface area contributed by atoms with E-state index in [0.717, 1.165) is 5.56 Å². The molecule has 0 unspecified atom stereocenters. The highest BCUT2D eigenvalue weighted by Gasteiger charge is 2.37. The monoisotopic (exact) mass is 458 g/mol. The standard InChI is InChI=1S/C23H22N8O3/c1-23(2)19-15(20(33)30-23)10-25-22(29-19)28-18-8-16(14(9-24-18)21-31-26-12-34-21)27-17(11-32)13-6-4-3-5-7-13/h3-10,12,17,32H,11H2,1-2H3,(H,30,33)(H2,24,25,27,28,29)/t17-/m1/s1. The highest BCUT2D eigenvalue weighted by Crippen LogP contribution is 2.32. The van der Waals surface area contributed by atoms with Crippen molar-refractivity contribution >= 4 is 23.4 Å². The highest BCUT2D eigenvalue weighted by molar-refractivity contribution is 5.99. The number of amides is 1. The van der Waals surface area contributed by atoms with Crippen molar-refractivity contribution in [2.45, 2.75) is 25.4 Å². The number of carbonyl (C=O) groups is 1. The number of anilines is 3. The average Bonchev–Trinajstić information content (AvgIpc) is 3.44. The zero-order valence-electron chi connectivity index (χ0n) is 18.5. The molecule has 0 radical (unpaired) electrons. The summed E-state index contributed by atoms with van der Waals surface area (Å²) in [5, 5.41) is 27.1. The van der Waals surface area contributed by atoms with Gasteiger partial charge >= 0.3 is 0 Å². The van der Waals surface area contributed by atoms with E-state index in [1.807, 2.05) is 44.2 Å². The summed E-state index contributed by atoms with van der Waals surface area (Å²) >= 11 is 0. The molecule has 4 N–H and O–H groups in total. The SMILES string of the molecule is CC1(C)NC(=O)c2cnc(Nc3cc(N[C@H](CO)c4ccccc4)c(-c4nnco4)cn3)nc21. The number of nitrogens with zero attached hydrogens (tertiary/aromatic N) is 5. The van der Waals surface area contributed by atoms with E-state index in [4.69, 9.17) is 4.42 Å². The highest BCUT2D eigenvalue weighted by atomic mass is 16.4. The molecule has 0 bridgehead atoms. The Labute approximate surface area is 194 Å². The maximum Gasteiger partial charge on any atom is 0.255 e. The second-order valence-electron chi connectivity index (χ2n) is 8.31. The Morgan fingerprint density at radius 2 is 1.94 bits per heavy atom. The van der Waals surface area contributed by atoms with E-state index in [9.17, 15) is 9.90 Å². The topological polar surface area (TPSA) is 151 Å². The number of aromatic nitrogens is 5. The molecule has 11 heteroatoms.